The summed E-state index contributed by atoms with van der Waals surface area (Å²) in [5, 5.41) is 17.8. The number of aromatic nitrogens is 2. The van der Waals surface area contributed by atoms with Gasteiger partial charge in [0.15, 0.2) is 0 Å². The fraction of sp³-hybridized carbons (Fsp3) is 0.500. The Morgan fingerprint density at radius 2 is 1.88 bits per heavy atom. The molecule has 2 amide bonds. The third-order valence-electron chi connectivity index (χ3n) is 5.79. The zero-order chi connectivity index (χ0) is 16.9. The molecular formula is C16H15N3O5. The zero-order valence-corrected chi connectivity index (χ0v) is 13.1. The van der Waals surface area contributed by atoms with Crippen molar-refractivity contribution in [2.24, 2.45) is 11.8 Å². The van der Waals surface area contributed by atoms with Gasteiger partial charge in [-0.15, -0.1) is 0 Å². The second kappa shape index (κ2) is 4.01. The topological polar surface area (TPSA) is 106 Å². The molecule has 5 rings (SSSR count). The third-order valence-corrected chi connectivity index (χ3v) is 5.79. The van der Waals surface area contributed by atoms with Gasteiger partial charge in [0.25, 0.3) is 0 Å². The Hall–Kier alpha value is -2.32. The average molecular weight is 329 g/mol. The molecule has 1 N–H and O–H groups in total. The molecule has 0 saturated carbocycles. The second-order valence-electron chi connectivity index (χ2n) is 7.22. The van der Waals surface area contributed by atoms with Gasteiger partial charge >= 0.3 is 0 Å². The first-order chi connectivity index (χ1) is 11.3. The summed E-state index contributed by atoms with van der Waals surface area (Å²) in [4.78, 5) is 27.2. The molecule has 8 nitrogen and oxygen atoms in total. The van der Waals surface area contributed by atoms with Crippen molar-refractivity contribution in [2.75, 3.05) is 4.90 Å². The van der Waals surface area contributed by atoms with E-state index in [1.54, 1.807) is 32.0 Å². The summed E-state index contributed by atoms with van der Waals surface area (Å²) in [7, 11) is 0. The van der Waals surface area contributed by atoms with E-state index in [-0.39, 0.29) is 11.8 Å². The van der Waals surface area contributed by atoms with Crippen molar-refractivity contribution in [3.8, 4) is 0 Å². The van der Waals surface area contributed by atoms with Crippen molar-refractivity contribution in [1.82, 2.24) is 10.3 Å². The van der Waals surface area contributed by atoms with E-state index in [1.165, 1.54) is 4.90 Å². The van der Waals surface area contributed by atoms with Crippen LogP contribution in [-0.2, 0) is 14.3 Å². The van der Waals surface area contributed by atoms with E-state index in [2.05, 4.69) is 14.9 Å². The predicted octanol–water partition coefficient (Wildman–Crippen LogP) is 0.641. The van der Waals surface area contributed by atoms with Crippen LogP contribution >= 0.6 is 0 Å². The monoisotopic (exact) mass is 329 g/mol. The van der Waals surface area contributed by atoms with Gasteiger partial charge < -0.3 is 9.84 Å². The minimum Gasteiger partial charge on any atom is -0.390 e. The average Bonchev–Trinajstić information content (AvgIpc) is 3.19. The summed E-state index contributed by atoms with van der Waals surface area (Å²) in [5.74, 6) is -1.89. The number of hydrogen-bond donors (Lipinski definition) is 1. The molecule has 1 aromatic heterocycles. The van der Waals surface area contributed by atoms with E-state index in [9.17, 15) is 14.7 Å². The van der Waals surface area contributed by atoms with Crippen molar-refractivity contribution in [3.05, 3.63) is 18.2 Å². The number of aliphatic hydroxyl groups is 1. The lowest BCUT2D eigenvalue weighted by Crippen LogP contribution is -2.49. The Morgan fingerprint density at radius 1 is 1.17 bits per heavy atom. The molecule has 0 aliphatic carbocycles. The van der Waals surface area contributed by atoms with Crippen LogP contribution in [0.3, 0.4) is 0 Å². The SMILES string of the molecule is C[C@]12O[C@](C)(C[C@@H]1O)[C@H]1C(=O)N(c3ccc4nonc4c3)C(=O)[C@H]12. The molecule has 3 aliphatic heterocycles. The molecule has 3 fully saturated rings. The van der Waals surface area contributed by atoms with Crippen LogP contribution in [0.2, 0.25) is 0 Å². The number of nitrogens with zero attached hydrogens (tertiary/aromatic N) is 3. The predicted molar refractivity (Wildman–Crippen MR) is 79.8 cm³/mol. The van der Waals surface area contributed by atoms with Crippen LogP contribution in [0.5, 0.6) is 0 Å². The molecule has 3 saturated heterocycles. The van der Waals surface area contributed by atoms with Crippen LogP contribution in [0.25, 0.3) is 11.0 Å². The first-order valence-corrected chi connectivity index (χ1v) is 7.83. The molecule has 24 heavy (non-hydrogen) atoms. The fourth-order valence-corrected chi connectivity index (χ4v) is 4.69. The Kier molecular flexibility index (Phi) is 2.35. The largest absolute Gasteiger partial charge is 0.390 e. The van der Waals surface area contributed by atoms with Gasteiger partial charge in [0.05, 0.1) is 29.2 Å². The highest BCUT2D eigenvalue weighted by molar-refractivity contribution is 6.23. The van der Waals surface area contributed by atoms with Gasteiger partial charge in [0, 0.05) is 6.42 Å². The lowest BCUT2D eigenvalue weighted by molar-refractivity contribution is -0.132. The van der Waals surface area contributed by atoms with E-state index >= 15 is 0 Å². The molecule has 5 atom stereocenters. The lowest BCUT2D eigenvalue weighted by Gasteiger charge is -2.31. The minimum absolute atomic E-state index is 0.293. The van der Waals surface area contributed by atoms with Crippen LogP contribution in [-0.4, -0.2) is 44.5 Å². The van der Waals surface area contributed by atoms with Gasteiger partial charge in [-0.25, -0.2) is 9.53 Å². The lowest BCUT2D eigenvalue weighted by atomic mass is 9.67. The highest BCUT2D eigenvalue weighted by Crippen LogP contribution is 2.60. The summed E-state index contributed by atoms with van der Waals surface area (Å²) in [6, 6.07) is 4.90. The van der Waals surface area contributed by atoms with E-state index in [0.29, 0.717) is 23.1 Å². The molecule has 0 spiro atoms. The van der Waals surface area contributed by atoms with Gasteiger partial charge in [-0.2, -0.15) is 0 Å². The van der Waals surface area contributed by atoms with Gasteiger partial charge in [-0.1, -0.05) is 0 Å². The Labute approximate surface area is 136 Å². The van der Waals surface area contributed by atoms with Crippen LogP contribution in [0.15, 0.2) is 22.8 Å². The van der Waals surface area contributed by atoms with Crippen LogP contribution in [0, 0.1) is 11.8 Å². The summed E-state index contributed by atoms with van der Waals surface area (Å²) < 4.78 is 10.6. The zero-order valence-electron chi connectivity index (χ0n) is 13.1. The molecule has 0 unspecified atom stereocenters. The summed E-state index contributed by atoms with van der Waals surface area (Å²) in [6.07, 6.45) is -0.410. The Bertz CT molecular complexity index is 910. The van der Waals surface area contributed by atoms with Crippen molar-refractivity contribution in [2.45, 2.75) is 37.6 Å². The van der Waals surface area contributed by atoms with Gasteiger partial charge in [0.2, 0.25) is 11.8 Å². The van der Waals surface area contributed by atoms with Crippen LogP contribution < -0.4 is 4.90 Å². The van der Waals surface area contributed by atoms with Crippen molar-refractivity contribution in [1.29, 1.82) is 0 Å². The summed E-state index contributed by atoms with van der Waals surface area (Å²) >= 11 is 0. The van der Waals surface area contributed by atoms with Crippen LogP contribution in [0.4, 0.5) is 5.69 Å². The van der Waals surface area contributed by atoms with E-state index < -0.39 is 29.1 Å². The number of carbonyl (C=O) groups excluding carboxylic acids is 2. The molecule has 3 aliphatic rings. The van der Waals surface area contributed by atoms with E-state index in [0.717, 1.165) is 0 Å². The maximum Gasteiger partial charge on any atom is 0.240 e. The smallest absolute Gasteiger partial charge is 0.240 e. The standard InChI is InChI=1S/C16H15N3O5/c1-15-6-10(20)16(2,23-15)12-11(15)13(21)19(14(12)22)7-3-4-8-9(5-7)18-24-17-8/h3-5,10-12,20H,6H2,1-2H3/t10-,11+,12-,15+,16-/m0/s1. The number of amides is 2. The summed E-state index contributed by atoms with van der Waals surface area (Å²) in [6.45, 7) is 3.51. The number of carbonyl (C=O) groups is 2. The molecule has 124 valence electrons. The van der Waals surface area contributed by atoms with Gasteiger partial charge in [-0.05, 0) is 42.4 Å². The molecule has 4 heterocycles. The number of rotatable bonds is 1. The van der Waals surface area contributed by atoms with Gasteiger partial charge in [0.1, 0.15) is 16.6 Å². The van der Waals surface area contributed by atoms with E-state index in [1.807, 2.05) is 0 Å². The molecule has 0 radical (unpaired) electrons. The van der Waals surface area contributed by atoms with Crippen LogP contribution in [0.1, 0.15) is 20.3 Å². The molecule has 2 aromatic rings. The highest BCUT2D eigenvalue weighted by atomic mass is 16.6. The number of anilines is 1. The van der Waals surface area contributed by atoms with Crippen molar-refractivity contribution >= 4 is 28.5 Å². The molecule has 2 bridgehead atoms. The molecule has 8 heteroatoms. The van der Waals surface area contributed by atoms with E-state index in [4.69, 9.17) is 4.74 Å². The third kappa shape index (κ3) is 1.41. The summed E-state index contributed by atoms with van der Waals surface area (Å²) in [5.41, 5.74) is -0.387. The Balaban J connectivity index is 1.63. The highest BCUT2D eigenvalue weighted by Gasteiger charge is 2.75. The first kappa shape index (κ1) is 14.1. The van der Waals surface area contributed by atoms with Crippen molar-refractivity contribution < 1.29 is 24.1 Å². The molecule has 1 aromatic carbocycles. The normalized spacial score (nSPS) is 40.8. The number of aliphatic hydroxyl groups excluding tert-OH is 1. The number of fused-ring (bicyclic) bond motifs is 6. The molecular weight excluding hydrogens is 314 g/mol. The maximum atomic E-state index is 13.0. The number of ether oxygens (including phenoxy) is 1. The number of imide groups is 1. The maximum absolute atomic E-state index is 13.0. The number of hydrogen-bond acceptors (Lipinski definition) is 7. The van der Waals surface area contributed by atoms with Crippen molar-refractivity contribution in [3.63, 3.8) is 0 Å². The Morgan fingerprint density at radius 3 is 2.67 bits per heavy atom. The minimum atomic E-state index is -1.03. The van der Waals surface area contributed by atoms with Gasteiger partial charge in [-0.3, -0.25) is 9.59 Å². The fourth-order valence-electron chi connectivity index (χ4n) is 4.69. The second-order valence-corrected chi connectivity index (χ2v) is 7.22. The number of benzene rings is 1. The quantitative estimate of drug-likeness (QED) is 0.765. The first-order valence-electron chi connectivity index (χ1n) is 7.83.